The van der Waals surface area contributed by atoms with E-state index >= 15 is 0 Å². The van der Waals surface area contributed by atoms with Crippen molar-refractivity contribution in [1.29, 1.82) is 0 Å². The summed E-state index contributed by atoms with van der Waals surface area (Å²) in [6, 6.07) is 7.82. The number of esters is 1. The monoisotopic (exact) mass is 347 g/mol. The molecule has 2 atom stereocenters. The van der Waals surface area contributed by atoms with Crippen LogP contribution >= 0.6 is 23.1 Å². The van der Waals surface area contributed by atoms with Gasteiger partial charge in [-0.05, 0) is 43.7 Å². The van der Waals surface area contributed by atoms with Gasteiger partial charge in [-0.25, -0.2) is 4.98 Å². The Hall–Kier alpha value is -1.40. The molecular weight excluding hydrogens is 330 g/mol. The second kappa shape index (κ2) is 4.57. The number of aromatic nitrogens is 1. The molecule has 2 aromatic rings. The summed E-state index contributed by atoms with van der Waals surface area (Å²) in [5.74, 6) is -0.244. The maximum atomic E-state index is 13.0. The molecule has 0 amide bonds. The van der Waals surface area contributed by atoms with E-state index in [1.807, 2.05) is 45.0 Å². The first-order chi connectivity index (χ1) is 10.8. The van der Waals surface area contributed by atoms with Gasteiger partial charge in [-0.2, -0.15) is 0 Å². The second-order valence-corrected chi connectivity index (χ2v) is 9.26. The molecule has 0 spiro atoms. The molecule has 1 aliphatic carbocycles. The zero-order chi connectivity index (χ0) is 16.5. The van der Waals surface area contributed by atoms with Crippen LogP contribution in [0.5, 0.6) is 0 Å². The SMILES string of the molecule is CC12CCC(C(=O)Sc3nc4ccccc4s3)(OC1=O)C2(C)C. The maximum Gasteiger partial charge on any atom is 0.313 e. The molecule has 120 valence electrons. The predicted octanol–water partition coefficient (Wildman–Crippen LogP) is 4.04. The molecule has 0 N–H and O–H groups in total. The van der Waals surface area contributed by atoms with Crippen LogP contribution < -0.4 is 0 Å². The highest BCUT2D eigenvalue weighted by Crippen LogP contribution is 2.66. The fraction of sp³-hybridized carbons (Fsp3) is 0.471. The molecule has 4 rings (SSSR count). The van der Waals surface area contributed by atoms with Crippen molar-refractivity contribution in [2.75, 3.05) is 0 Å². The van der Waals surface area contributed by atoms with Gasteiger partial charge in [0.1, 0.15) is 0 Å². The molecule has 0 radical (unpaired) electrons. The summed E-state index contributed by atoms with van der Waals surface area (Å²) in [7, 11) is 0. The highest BCUT2D eigenvalue weighted by Gasteiger charge is 2.75. The first-order valence-corrected chi connectivity index (χ1v) is 9.25. The molecule has 2 heterocycles. The zero-order valence-electron chi connectivity index (χ0n) is 13.2. The van der Waals surface area contributed by atoms with Crippen LogP contribution in [0, 0.1) is 10.8 Å². The van der Waals surface area contributed by atoms with Gasteiger partial charge in [0.05, 0.1) is 15.6 Å². The van der Waals surface area contributed by atoms with Crippen molar-refractivity contribution in [1.82, 2.24) is 4.98 Å². The fourth-order valence-electron chi connectivity index (χ4n) is 3.76. The van der Waals surface area contributed by atoms with Crippen LogP contribution in [0.2, 0.25) is 0 Å². The van der Waals surface area contributed by atoms with E-state index in [1.165, 1.54) is 11.3 Å². The van der Waals surface area contributed by atoms with Crippen LogP contribution in [0.3, 0.4) is 0 Å². The molecule has 1 saturated heterocycles. The topological polar surface area (TPSA) is 56.3 Å². The minimum absolute atomic E-state index is 0.101. The largest absolute Gasteiger partial charge is 0.449 e. The number of fused-ring (bicyclic) bond motifs is 3. The third-order valence-electron chi connectivity index (χ3n) is 5.87. The fourth-order valence-corrected chi connectivity index (χ4v) is 5.99. The van der Waals surface area contributed by atoms with Crippen molar-refractivity contribution in [3.63, 3.8) is 0 Å². The quantitative estimate of drug-likeness (QED) is 0.606. The van der Waals surface area contributed by atoms with Crippen LogP contribution in [-0.4, -0.2) is 21.7 Å². The Morgan fingerprint density at radius 1 is 1.26 bits per heavy atom. The number of benzene rings is 1. The highest BCUT2D eigenvalue weighted by molar-refractivity contribution is 8.15. The summed E-state index contributed by atoms with van der Waals surface area (Å²) in [4.78, 5) is 29.8. The number of hydrogen-bond donors (Lipinski definition) is 0. The Balaban J connectivity index is 1.68. The molecule has 2 fully saturated rings. The second-order valence-electron chi connectivity index (χ2n) is 7.01. The van der Waals surface area contributed by atoms with E-state index in [9.17, 15) is 9.59 Å². The van der Waals surface area contributed by atoms with Crippen LogP contribution in [-0.2, 0) is 14.3 Å². The molecule has 23 heavy (non-hydrogen) atoms. The molecular formula is C17H17NO3S2. The summed E-state index contributed by atoms with van der Waals surface area (Å²) < 4.78 is 7.40. The molecule has 2 aliphatic rings. The van der Waals surface area contributed by atoms with Crippen LogP contribution in [0.15, 0.2) is 28.6 Å². The lowest BCUT2D eigenvalue weighted by Gasteiger charge is -2.34. The number of para-hydroxylation sites is 1. The van der Waals surface area contributed by atoms with Crippen molar-refractivity contribution in [3.05, 3.63) is 24.3 Å². The molecule has 2 bridgehead atoms. The van der Waals surface area contributed by atoms with E-state index in [4.69, 9.17) is 4.74 Å². The van der Waals surface area contributed by atoms with E-state index in [0.717, 1.165) is 22.0 Å². The molecule has 1 aromatic carbocycles. The number of rotatable bonds is 2. The minimum atomic E-state index is -1.03. The molecule has 6 heteroatoms. The number of hydrogen-bond acceptors (Lipinski definition) is 6. The smallest absolute Gasteiger partial charge is 0.313 e. The van der Waals surface area contributed by atoms with E-state index in [-0.39, 0.29) is 11.1 Å². The summed E-state index contributed by atoms with van der Waals surface area (Å²) >= 11 is 2.61. The summed E-state index contributed by atoms with van der Waals surface area (Å²) in [5, 5.41) is -0.101. The number of thioether (sulfide) groups is 1. The molecule has 2 unspecified atom stereocenters. The van der Waals surface area contributed by atoms with Gasteiger partial charge in [0.25, 0.3) is 0 Å². The van der Waals surface area contributed by atoms with Gasteiger partial charge in [-0.3, -0.25) is 9.59 Å². The zero-order valence-corrected chi connectivity index (χ0v) is 14.8. The third-order valence-corrected chi connectivity index (χ3v) is 7.98. The number of carbonyl (C=O) groups excluding carboxylic acids is 2. The van der Waals surface area contributed by atoms with Crippen LogP contribution in [0.4, 0.5) is 0 Å². The standard InChI is InChI=1S/C17H17NO3S2/c1-15(2)16(3)8-9-17(15,21-12(16)19)13(20)23-14-18-10-6-4-5-7-11(10)22-14/h4-7H,8-9H2,1-3H3. The van der Waals surface area contributed by atoms with Crippen molar-refractivity contribution in [2.45, 2.75) is 43.6 Å². The lowest BCUT2D eigenvalue weighted by Crippen LogP contribution is -2.46. The molecule has 1 aromatic heterocycles. The number of thiazole rings is 1. The van der Waals surface area contributed by atoms with Gasteiger partial charge in [-0.15, -0.1) is 11.3 Å². The van der Waals surface area contributed by atoms with Gasteiger partial charge in [-0.1, -0.05) is 26.0 Å². The summed E-state index contributed by atoms with van der Waals surface area (Å²) in [6.07, 6.45) is 1.30. The average molecular weight is 347 g/mol. The number of nitrogens with zero attached hydrogens (tertiary/aromatic N) is 1. The number of carbonyl (C=O) groups is 2. The van der Waals surface area contributed by atoms with Gasteiger partial charge >= 0.3 is 5.97 Å². The van der Waals surface area contributed by atoms with Gasteiger partial charge in [0.2, 0.25) is 5.12 Å². The normalized spacial score (nSPS) is 31.5. The Kier molecular flexibility index (Phi) is 3.01. The lowest BCUT2D eigenvalue weighted by atomic mass is 9.67. The minimum Gasteiger partial charge on any atom is -0.449 e. The van der Waals surface area contributed by atoms with Crippen LogP contribution in [0.25, 0.3) is 10.2 Å². The third kappa shape index (κ3) is 1.76. The lowest BCUT2D eigenvalue weighted by molar-refractivity contribution is -0.163. The Morgan fingerprint density at radius 2 is 2.00 bits per heavy atom. The molecule has 4 nitrogen and oxygen atoms in total. The highest BCUT2D eigenvalue weighted by atomic mass is 32.2. The average Bonchev–Trinajstić information content (AvgIpc) is 3.04. The Bertz CT molecular complexity index is 810. The van der Waals surface area contributed by atoms with Gasteiger partial charge < -0.3 is 4.74 Å². The van der Waals surface area contributed by atoms with Gasteiger partial charge in [0.15, 0.2) is 9.94 Å². The first kappa shape index (κ1) is 15.1. The Morgan fingerprint density at radius 3 is 2.61 bits per heavy atom. The van der Waals surface area contributed by atoms with Crippen LogP contribution in [0.1, 0.15) is 33.6 Å². The van der Waals surface area contributed by atoms with E-state index in [0.29, 0.717) is 17.2 Å². The Labute approximate surface area is 142 Å². The summed E-state index contributed by atoms with van der Waals surface area (Å²) in [5.41, 5.74) is -1.21. The van der Waals surface area contributed by atoms with Gasteiger partial charge in [0, 0.05) is 5.41 Å². The van der Waals surface area contributed by atoms with E-state index < -0.39 is 16.4 Å². The maximum absolute atomic E-state index is 13.0. The molecule has 1 aliphatic heterocycles. The van der Waals surface area contributed by atoms with Crippen molar-refractivity contribution in [2.24, 2.45) is 10.8 Å². The molecule has 1 saturated carbocycles. The van der Waals surface area contributed by atoms with E-state index in [1.54, 1.807) is 0 Å². The van der Waals surface area contributed by atoms with Crippen molar-refractivity contribution < 1.29 is 14.3 Å². The summed E-state index contributed by atoms with van der Waals surface area (Å²) in [6.45, 7) is 5.86. The van der Waals surface area contributed by atoms with Crippen molar-refractivity contribution >= 4 is 44.4 Å². The number of ether oxygens (including phenoxy) is 1. The van der Waals surface area contributed by atoms with Crippen molar-refractivity contribution in [3.8, 4) is 0 Å². The first-order valence-electron chi connectivity index (χ1n) is 7.61. The predicted molar refractivity (Wildman–Crippen MR) is 90.4 cm³/mol. The van der Waals surface area contributed by atoms with E-state index in [2.05, 4.69) is 4.98 Å².